The van der Waals surface area contributed by atoms with E-state index in [1.54, 1.807) is 4.90 Å². The largest absolute Gasteiger partial charge is 0.444 e. The van der Waals surface area contributed by atoms with Crippen LogP contribution in [0.3, 0.4) is 0 Å². The molecule has 1 N–H and O–H groups in total. The molecule has 1 aromatic carbocycles. The van der Waals surface area contributed by atoms with Crippen LogP contribution in [-0.4, -0.2) is 54.0 Å². The second-order valence-electron chi connectivity index (χ2n) is 7.46. The van der Waals surface area contributed by atoms with Crippen molar-refractivity contribution >= 4 is 33.6 Å². The topological polar surface area (TPSA) is 118 Å². The number of benzene rings is 1. The number of aromatic amines is 1. The van der Waals surface area contributed by atoms with E-state index in [-0.39, 0.29) is 17.0 Å². The summed E-state index contributed by atoms with van der Waals surface area (Å²) in [4.78, 5) is 31.4. The van der Waals surface area contributed by atoms with Crippen LogP contribution < -0.4 is 0 Å². The van der Waals surface area contributed by atoms with Crippen molar-refractivity contribution in [3.05, 3.63) is 28.3 Å². The number of nitrogens with zero attached hydrogens (tertiary/aromatic N) is 3. The average Bonchev–Trinajstić information content (AvgIpc) is 3.02. The summed E-state index contributed by atoms with van der Waals surface area (Å²) in [6.07, 6.45) is 0.786. The fraction of sp³-hybridized carbons (Fsp3) is 0.529. The number of aromatic nitrogens is 2. The molecule has 2 heterocycles. The molecule has 2 aromatic rings. The normalized spacial score (nSPS) is 17.1. The Bertz CT molecular complexity index is 896. The number of rotatable bonds is 3. The number of piperidine rings is 1. The lowest BCUT2D eigenvalue weighted by atomic mass is 10.1. The van der Waals surface area contributed by atoms with E-state index in [2.05, 4.69) is 9.97 Å². The van der Waals surface area contributed by atoms with Crippen LogP contribution >= 0.6 is 0 Å². The third kappa shape index (κ3) is 4.44. The Balaban J connectivity index is 1.66. The second kappa shape index (κ2) is 7.26. The Morgan fingerprint density at radius 2 is 2.04 bits per heavy atom. The summed E-state index contributed by atoms with van der Waals surface area (Å²) in [5.41, 5.74) is 0.427. The van der Waals surface area contributed by atoms with Crippen LogP contribution in [0.15, 0.2) is 23.4 Å². The predicted octanol–water partition coefficient (Wildman–Crippen LogP) is 2.98. The van der Waals surface area contributed by atoms with Crippen molar-refractivity contribution in [3.63, 3.8) is 0 Å². The minimum Gasteiger partial charge on any atom is -0.444 e. The summed E-state index contributed by atoms with van der Waals surface area (Å²) >= 11 is 0. The highest BCUT2D eigenvalue weighted by molar-refractivity contribution is 7.85. The van der Waals surface area contributed by atoms with Gasteiger partial charge in [-0.25, -0.2) is 9.78 Å². The van der Waals surface area contributed by atoms with Gasteiger partial charge in [-0.1, -0.05) is 0 Å². The molecule has 0 radical (unpaired) electrons. The molecule has 10 heteroatoms. The summed E-state index contributed by atoms with van der Waals surface area (Å²) in [5, 5.41) is 11.0. The maximum atomic E-state index is 12.8. The number of nitro benzene ring substituents is 1. The van der Waals surface area contributed by atoms with Gasteiger partial charge in [-0.05, 0) is 39.7 Å². The van der Waals surface area contributed by atoms with Gasteiger partial charge < -0.3 is 14.6 Å². The number of H-pyrrole nitrogens is 1. The lowest BCUT2D eigenvalue weighted by Gasteiger charge is -2.32. The molecule has 0 spiro atoms. The number of hydrogen-bond acceptors (Lipinski definition) is 6. The molecule has 0 bridgehead atoms. The zero-order valence-corrected chi connectivity index (χ0v) is 16.2. The number of carbonyl (C=O) groups is 1. The van der Waals surface area contributed by atoms with Crippen LogP contribution in [0.5, 0.6) is 0 Å². The van der Waals surface area contributed by atoms with E-state index in [1.807, 2.05) is 20.8 Å². The standard InChI is InChI=1S/C17H22N4O5S/c1-17(2,3)26-16(22)20-8-6-12(7-9-20)27(25)15-18-13-5-4-11(21(23)24)10-14(13)19-15/h4-5,10,12H,6-9H2,1-3H3,(H,18,19). The van der Waals surface area contributed by atoms with Crippen molar-refractivity contribution in [2.75, 3.05) is 13.1 Å². The third-order valence-corrected chi connectivity index (χ3v) is 5.89. The quantitative estimate of drug-likeness (QED) is 0.631. The first-order valence-corrected chi connectivity index (χ1v) is 9.88. The van der Waals surface area contributed by atoms with Gasteiger partial charge in [-0.15, -0.1) is 0 Å². The van der Waals surface area contributed by atoms with Gasteiger partial charge in [0.05, 0.1) is 26.8 Å². The smallest absolute Gasteiger partial charge is 0.410 e. The number of nitro groups is 1. The molecule has 1 fully saturated rings. The highest BCUT2D eigenvalue weighted by Gasteiger charge is 2.31. The van der Waals surface area contributed by atoms with Crippen LogP contribution in [0.1, 0.15) is 33.6 Å². The van der Waals surface area contributed by atoms with Gasteiger partial charge in [0.25, 0.3) is 5.69 Å². The molecule has 1 aromatic heterocycles. The predicted molar refractivity (Wildman–Crippen MR) is 100.0 cm³/mol. The van der Waals surface area contributed by atoms with Crippen molar-refractivity contribution < 1.29 is 18.7 Å². The van der Waals surface area contributed by atoms with E-state index < -0.39 is 21.3 Å². The van der Waals surface area contributed by atoms with Crippen LogP contribution in [0, 0.1) is 10.1 Å². The first kappa shape index (κ1) is 19.3. The second-order valence-corrected chi connectivity index (χ2v) is 9.11. The summed E-state index contributed by atoms with van der Waals surface area (Å²) < 4.78 is 18.2. The highest BCUT2D eigenvalue weighted by Crippen LogP contribution is 2.24. The molecule has 1 aliphatic heterocycles. The highest BCUT2D eigenvalue weighted by atomic mass is 32.2. The van der Waals surface area contributed by atoms with Gasteiger partial charge in [0, 0.05) is 30.5 Å². The van der Waals surface area contributed by atoms with Gasteiger partial charge >= 0.3 is 6.09 Å². The molecule has 1 atom stereocenters. The van der Waals surface area contributed by atoms with E-state index in [9.17, 15) is 19.1 Å². The number of ether oxygens (including phenoxy) is 1. The number of likely N-dealkylation sites (tertiary alicyclic amines) is 1. The van der Waals surface area contributed by atoms with Gasteiger partial charge in [0.1, 0.15) is 5.60 Å². The number of amides is 1. The molecule has 27 heavy (non-hydrogen) atoms. The maximum absolute atomic E-state index is 12.8. The zero-order valence-electron chi connectivity index (χ0n) is 15.4. The van der Waals surface area contributed by atoms with E-state index in [4.69, 9.17) is 4.74 Å². The van der Waals surface area contributed by atoms with Crippen molar-refractivity contribution in [2.45, 2.75) is 49.6 Å². The summed E-state index contributed by atoms with van der Waals surface area (Å²) in [6, 6.07) is 4.29. The van der Waals surface area contributed by atoms with Crippen LogP contribution in [0.2, 0.25) is 0 Å². The molecule has 3 rings (SSSR count). The van der Waals surface area contributed by atoms with Crippen LogP contribution in [0.25, 0.3) is 11.0 Å². The number of fused-ring (bicyclic) bond motifs is 1. The van der Waals surface area contributed by atoms with Crippen molar-refractivity contribution in [3.8, 4) is 0 Å². The monoisotopic (exact) mass is 394 g/mol. The van der Waals surface area contributed by atoms with E-state index in [1.165, 1.54) is 18.2 Å². The molecule has 0 saturated carbocycles. The molecule has 1 unspecified atom stereocenters. The molecule has 1 aliphatic rings. The molecule has 1 saturated heterocycles. The maximum Gasteiger partial charge on any atom is 0.410 e. The number of carbonyl (C=O) groups excluding carboxylic acids is 1. The molecule has 9 nitrogen and oxygen atoms in total. The Kier molecular flexibility index (Phi) is 5.18. The summed E-state index contributed by atoms with van der Waals surface area (Å²) in [6.45, 7) is 6.39. The zero-order chi connectivity index (χ0) is 19.8. The SMILES string of the molecule is CC(C)(C)OC(=O)N1CCC(S(=O)c2nc3ccc([N+](=O)[O-])cc3[nH]2)CC1. The number of non-ortho nitro benzene ring substituents is 1. The molecule has 146 valence electrons. The van der Waals surface area contributed by atoms with Crippen molar-refractivity contribution in [1.82, 2.24) is 14.9 Å². The Morgan fingerprint density at radius 1 is 1.37 bits per heavy atom. The first-order valence-electron chi connectivity index (χ1n) is 8.67. The summed E-state index contributed by atoms with van der Waals surface area (Å²) in [5.74, 6) is 0. The fourth-order valence-electron chi connectivity index (χ4n) is 2.92. The number of nitrogens with one attached hydrogen (secondary N) is 1. The molecular formula is C17H22N4O5S. The average molecular weight is 394 g/mol. The molecular weight excluding hydrogens is 372 g/mol. The minimum absolute atomic E-state index is 0.0471. The Hall–Kier alpha value is -2.49. The lowest BCUT2D eigenvalue weighted by molar-refractivity contribution is -0.384. The number of imidazole rings is 1. The van der Waals surface area contributed by atoms with E-state index >= 15 is 0 Å². The Morgan fingerprint density at radius 3 is 2.63 bits per heavy atom. The van der Waals surface area contributed by atoms with Crippen LogP contribution in [-0.2, 0) is 15.5 Å². The van der Waals surface area contributed by atoms with Gasteiger partial charge in [-0.3, -0.25) is 14.3 Å². The van der Waals surface area contributed by atoms with Gasteiger partial charge in [0.15, 0.2) is 5.16 Å². The van der Waals surface area contributed by atoms with Gasteiger partial charge in [0.2, 0.25) is 0 Å². The van der Waals surface area contributed by atoms with Crippen molar-refractivity contribution in [1.29, 1.82) is 0 Å². The number of hydrogen-bond donors (Lipinski definition) is 1. The van der Waals surface area contributed by atoms with Crippen LogP contribution in [0.4, 0.5) is 10.5 Å². The summed E-state index contributed by atoms with van der Waals surface area (Å²) in [7, 11) is -1.38. The van der Waals surface area contributed by atoms with E-state index in [0.29, 0.717) is 42.1 Å². The van der Waals surface area contributed by atoms with Crippen molar-refractivity contribution in [2.24, 2.45) is 0 Å². The minimum atomic E-state index is -1.38. The lowest BCUT2D eigenvalue weighted by Crippen LogP contribution is -2.43. The molecule has 1 amide bonds. The molecule has 0 aliphatic carbocycles. The van der Waals surface area contributed by atoms with Gasteiger partial charge in [-0.2, -0.15) is 0 Å². The van der Waals surface area contributed by atoms with E-state index in [0.717, 1.165) is 0 Å². The fourth-order valence-corrected chi connectivity index (χ4v) is 4.27. The third-order valence-electron chi connectivity index (χ3n) is 4.24. The Labute approximate surface area is 158 Å². The first-order chi connectivity index (χ1) is 12.6.